The Hall–Kier alpha value is -2.39. The van der Waals surface area contributed by atoms with Gasteiger partial charge in [0, 0.05) is 4.98 Å². The van der Waals surface area contributed by atoms with Crippen LogP contribution in [0.3, 0.4) is 0 Å². The van der Waals surface area contributed by atoms with Crippen molar-refractivity contribution in [2.45, 2.75) is 0 Å². The molecule has 0 aliphatic carbocycles. The van der Waals surface area contributed by atoms with E-state index in [4.69, 9.17) is 5.73 Å². The van der Waals surface area contributed by atoms with Gasteiger partial charge in [-0.25, -0.2) is 0 Å². The number of nitrogen functional groups attached to an aromatic ring is 1. The second kappa shape index (κ2) is 2.92. The number of nitro groups is 2. The second-order valence-electron chi connectivity index (χ2n) is 1.81. The zero-order chi connectivity index (χ0) is 10.0. The number of nitrogens with two attached hydrogens (primary N) is 1. The molecule has 0 radical (unpaired) electrons. The minimum absolute atomic E-state index is 0.562. The van der Waals surface area contributed by atoms with Gasteiger partial charge in [0.15, 0.2) is 0 Å². The van der Waals surface area contributed by atoms with Gasteiger partial charge in [-0.05, 0) is 19.8 Å². The summed E-state index contributed by atoms with van der Waals surface area (Å²) in [5.41, 5.74) is 4.96. The predicted molar refractivity (Wildman–Crippen MR) is 37.5 cm³/mol. The molecule has 68 valence electrons. The number of hydrogen-bond acceptors (Lipinski definition) is 8. The maximum atomic E-state index is 10.1. The summed E-state index contributed by atoms with van der Waals surface area (Å²) >= 11 is 0. The number of anilines is 1. The second-order valence-corrected chi connectivity index (χ2v) is 1.81. The molecule has 2 N–H and O–H groups in total. The quantitative estimate of drug-likeness (QED) is 0.468. The van der Waals surface area contributed by atoms with E-state index in [1.165, 1.54) is 0 Å². The first-order chi connectivity index (χ1) is 6.00. The molecule has 1 aromatic rings. The van der Waals surface area contributed by atoms with E-state index < -0.39 is 27.7 Å². The van der Waals surface area contributed by atoms with Gasteiger partial charge in [0.2, 0.25) is 0 Å². The molecule has 0 bridgehead atoms. The van der Waals surface area contributed by atoms with Crippen LogP contribution in [-0.2, 0) is 0 Å². The molecule has 0 aromatic carbocycles. The highest BCUT2D eigenvalue weighted by molar-refractivity contribution is 5.25. The smallest absolute Gasteiger partial charge is 0.390 e. The lowest BCUT2D eigenvalue weighted by atomic mass is 10.8. The molecular formula is C3H2N6O4. The Bertz CT molecular complexity index is 344. The largest absolute Gasteiger partial charge is 0.479 e. The molecule has 10 nitrogen and oxygen atoms in total. The highest BCUT2D eigenvalue weighted by Crippen LogP contribution is 2.09. The third-order valence-corrected chi connectivity index (χ3v) is 0.956. The number of rotatable bonds is 2. The molecule has 0 aliphatic rings. The molecule has 1 rings (SSSR count). The molecule has 1 heterocycles. The zero-order valence-corrected chi connectivity index (χ0v) is 5.95. The lowest BCUT2D eigenvalue weighted by Gasteiger charge is -1.92. The van der Waals surface area contributed by atoms with Crippen LogP contribution in [0.25, 0.3) is 0 Å². The Morgan fingerprint density at radius 1 is 1.00 bits per heavy atom. The molecule has 0 amide bonds. The lowest BCUT2D eigenvalue weighted by molar-refractivity contribution is -0.408. The monoisotopic (exact) mass is 186 g/mol. The van der Waals surface area contributed by atoms with E-state index in [2.05, 4.69) is 15.0 Å². The van der Waals surface area contributed by atoms with Crippen LogP contribution in [0.5, 0.6) is 0 Å². The van der Waals surface area contributed by atoms with Crippen molar-refractivity contribution in [1.82, 2.24) is 15.0 Å². The summed E-state index contributed by atoms with van der Waals surface area (Å²) in [5, 5.41) is 20.2. The zero-order valence-electron chi connectivity index (χ0n) is 5.95. The summed E-state index contributed by atoms with van der Waals surface area (Å²) in [4.78, 5) is 27.3. The molecule has 1 aromatic heterocycles. The number of hydrogen-bond donors (Lipinski definition) is 1. The molecule has 13 heavy (non-hydrogen) atoms. The summed E-state index contributed by atoms with van der Waals surface area (Å²) in [5.74, 6) is -2.45. The fraction of sp³-hybridized carbons (Fsp3) is 0. The van der Waals surface area contributed by atoms with Gasteiger partial charge in [0.1, 0.15) is 0 Å². The van der Waals surface area contributed by atoms with Crippen molar-refractivity contribution in [2.75, 3.05) is 5.73 Å². The highest BCUT2D eigenvalue weighted by atomic mass is 16.6. The molecule has 0 unspecified atom stereocenters. The summed E-state index contributed by atoms with van der Waals surface area (Å²) in [6, 6.07) is 0. The Morgan fingerprint density at radius 3 is 1.69 bits per heavy atom. The van der Waals surface area contributed by atoms with Crippen LogP contribution in [0.2, 0.25) is 0 Å². The van der Waals surface area contributed by atoms with Crippen molar-refractivity contribution in [3.05, 3.63) is 20.2 Å². The van der Waals surface area contributed by atoms with Crippen LogP contribution in [0, 0.1) is 20.2 Å². The van der Waals surface area contributed by atoms with Crippen molar-refractivity contribution in [3.8, 4) is 0 Å². The van der Waals surface area contributed by atoms with Crippen molar-refractivity contribution in [2.24, 2.45) is 0 Å². The Labute approximate surface area is 69.7 Å². The minimum Gasteiger partial charge on any atom is -0.390 e. The first-order valence-corrected chi connectivity index (χ1v) is 2.81. The maximum Gasteiger partial charge on any atom is 0.479 e. The van der Waals surface area contributed by atoms with Crippen LogP contribution >= 0.6 is 0 Å². The van der Waals surface area contributed by atoms with Gasteiger partial charge in [0.05, 0.1) is 0 Å². The predicted octanol–water partition coefficient (Wildman–Crippen LogP) is -0.730. The van der Waals surface area contributed by atoms with Gasteiger partial charge in [-0.15, -0.1) is 0 Å². The first-order valence-electron chi connectivity index (χ1n) is 2.81. The molecule has 0 fully saturated rings. The van der Waals surface area contributed by atoms with E-state index in [-0.39, 0.29) is 0 Å². The van der Waals surface area contributed by atoms with Gasteiger partial charge < -0.3 is 26.0 Å². The van der Waals surface area contributed by atoms with Crippen molar-refractivity contribution >= 4 is 17.8 Å². The average Bonchev–Trinajstić information content (AvgIpc) is 2.03. The summed E-state index contributed by atoms with van der Waals surface area (Å²) in [6.07, 6.45) is 0. The van der Waals surface area contributed by atoms with E-state index in [0.29, 0.717) is 0 Å². The van der Waals surface area contributed by atoms with Crippen molar-refractivity contribution in [1.29, 1.82) is 0 Å². The fourth-order valence-electron chi connectivity index (χ4n) is 0.533. The third-order valence-electron chi connectivity index (χ3n) is 0.956. The molecular weight excluding hydrogens is 184 g/mol. The van der Waals surface area contributed by atoms with Gasteiger partial charge in [-0.1, -0.05) is 0 Å². The van der Waals surface area contributed by atoms with Crippen LogP contribution in [0.15, 0.2) is 0 Å². The summed E-state index contributed by atoms with van der Waals surface area (Å²) in [6.45, 7) is 0. The van der Waals surface area contributed by atoms with E-state index >= 15 is 0 Å². The number of aromatic nitrogens is 3. The molecule has 0 aliphatic heterocycles. The van der Waals surface area contributed by atoms with E-state index in [1.807, 2.05) is 0 Å². The van der Waals surface area contributed by atoms with Crippen molar-refractivity contribution < 1.29 is 9.85 Å². The van der Waals surface area contributed by atoms with Crippen molar-refractivity contribution in [3.63, 3.8) is 0 Å². The van der Waals surface area contributed by atoms with Gasteiger partial charge in [0.25, 0.3) is 0 Å². The highest BCUT2D eigenvalue weighted by Gasteiger charge is 2.21. The third kappa shape index (κ3) is 1.79. The Kier molecular flexibility index (Phi) is 1.96. The Balaban J connectivity index is 3.26. The molecule has 0 saturated carbocycles. The molecule has 10 heteroatoms. The van der Waals surface area contributed by atoms with E-state index in [9.17, 15) is 20.2 Å². The standard InChI is InChI=1S/C3H2N6O4/c4-1-5-2(8(10)11)7-3(6-1)9(12)13/h(H2,4,5,6,7). The van der Waals surface area contributed by atoms with Gasteiger partial charge in [-0.3, -0.25) is 0 Å². The average molecular weight is 186 g/mol. The first kappa shape index (κ1) is 8.70. The lowest BCUT2D eigenvalue weighted by Crippen LogP contribution is -2.06. The van der Waals surface area contributed by atoms with Crippen LogP contribution in [0.4, 0.5) is 17.8 Å². The normalized spacial score (nSPS) is 9.54. The van der Waals surface area contributed by atoms with Gasteiger partial charge >= 0.3 is 17.8 Å². The molecule has 0 spiro atoms. The van der Waals surface area contributed by atoms with Gasteiger partial charge in [-0.2, -0.15) is 0 Å². The SMILES string of the molecule is Nc1nc([N+](=O)[O-])nc([N+](=O)[O-])n1. The summed E-state index contributed by atoms with van der Waals surface area (Å²) in [7, 11) is 0. The van der Waals surface area contributed by atoms with E-state index in [1.54, 1.807) is 0 Å². The topological polar surface area (TPSA) is 151 Å². The minimum atomic E-state index is -0.995. The summed E-state index contributed by atoms with van der Waals surface area (Å²) < 4.78 is 0. The Morgan fingerprint density at radius 2 is 1.38 bits per heavy atom. The van der Waals surface area contributed by atoms with E-state index in [0.717, 1.165) is 0 Å². The van der Waals surface area contributed by atoms with Crippen LogP contribution < -0.4 is 5.73 Å². The molecule has 0 atom stereocenters. The maximum absolute atomic E-state index is 10.1. The number of nitrogens with zero attached hydrogens (tertiary/aromatic N) is 5. The molecule has 0 saturated heterocycles. The fourth-order valence-corrected chi connectivity index (χ4v) is 0.533. The van der Waals surface area contributed by atoms with Crippen LogP contribution in [-0.4, -0.2) is 24.8 Å². The van der Waals surface area contributed by atoms with Crippen LogP contribution in [0.1, 0.15) is 0 Å².